The van der Waals surface area contributed by atoms with E-state index in [1.807, 2.05) is 18.2 Å². The van der Waals surface area contributed by atoms with Crippen molar-refractivity contribution in [1.82, 2.24) is 5.32 Å². The molecule has 0 radical (unpaired) electrons. The highest BCUT2D eigenvalue weighted by atomic mass is 35.5. The first-order valence-electron chi connectivity index (χ1n) is 6.64. The monoisotopic (exact) mass is 269 g/mol. The lowest BCUT2D eigenvalue weighted by Crippen LogP contribution is -2.36. The molecule has 0 aromatic heterocycles. The van der Waals surface area contributed by atoms with Gasteiger partial charge in [0.15, 0.2) is 0 Å². The summed E-state index contributed by atoms with van der Waals surface area (Å²) in [5.41, 5.74) is 1.16. The molecule has 3 heteroatoms. The zero-order chi connectivity index (χ0) is 13.6. The van der Waals surface area contributed by atoms with Gasteiger partial charge in [0, 0.05) is 29.6 Å². The molecule has 0 amide bonds. The second kappa shape index (κ2) is 7.13. The number of hydrogen-bond donors (Lipinski definition) is 2. The van der Waals surface area contributed by atoms with Gasteiger partial charge in [-0.05, 0) is 30.5 Å². The summed E-state index contributed by atoms with van der Waals surface area (Å²) in [6.07, 6.45) is 1.97. The van der Waals surface area contributed by atoms with Gasteiger partial charge in [0.2, 0.25) is 0 Å². The van der Waals surface area contributed by atoms with Gasteiger partial charge in [0.05, 0.1) is 0 Å². The molecule has 1 aromatic rings. The maximum atomic E-state index is 9.42. The second-order valence-corrected chi connectivity index (χ2v) is 5.66. The lowest BCUT2D eigenvalue weighted by molar-refractivity contribution is 0.131. The number of nitrogens with one attached hydrogen (secondary N) is 1. The molecule has 0 aliphatic rings. The average molecular weight is 270 g/mol. The average Bonchev–Trinajstić information content (AvgIpc) is 2.39. The predicted molar refractivity (Wildman–Crippen MR) is 78.0 cm³/mol. The van der Waals surface area contributed by atoms with Crippen LogP contribution in [-0.2, 0) is 0 Å². The van der Waals surface area contributed by atoms with Crippen LogP contribution in [0, 0.1) is 5.41 Å². The van der Waals surface area contributed by atoms with E-state index in [9.17, 15) is 5.11 Å². The van der Waals surface area contributed by atoms with Crippen LogP contribution in [0.4, 0.5) is 0 Å². The van der Waals surface area contributed by atoms with Crippen LogP contribution in [0.5, 0.6) is 0 Å². The maximum Gasteiger partial charge on any atom is 0.0496 e. The van der Waals surface area contributed by atoms with Crippen LogP contribution in [0.3, 0.4) is 0 Å². The van der Waals surface area contributed by atoms with E-state index in [4.69, 9.17) is 11.6 Å². The summed E-state index contributed by atoms with van der Waals surface area (Å²) in [4.78, 5) is 0. The fraction of sp³-hybridized carbons (Fsp3) is 0.600. The molecule has 18 heavy (non-hydrogen) atoms. The molecule has 0 aliphatic heterocycles. The predicted octanol–water partition coefficient (Wildman–Crippen LogP) is 3.79. The molecule has 0 bridgehead atoms. The fourth-order valence-electron chi connectivity index (χ4n) is 1.88. The summed E-state index contributed by atoms with van der Waals surface area (Å²) in [7, 11) is 0. The molecule has 0 fully saturated rings. The van der Waals surface area contributed by atoms with Crippen LogP contribution >= 0.6 is 11.6 Å². The summed E-state index contributed by atoms with van der Waals surface area (Å²) in [6.45, 7) is 7.39. The van der Waals surface area contributed by atoms with Crippen LogP contribution in [0.2, 0.25) is 5.02 Å². The van der Waals surface area contributed by atoms with E-state index in [-0.39, 0.29) is 12.0 Å². The van der Waals surface area contributed by atoms with E-state index in [2.05, 4.69) is 32.2 Å². The Hall–Kier alpha value is -0.570. The largest absolute Gasteiger partial charge is 0.396 e. The van der Waals surface area contributed by atoms with Gasteiger partial charge in [-0.25, -0.2) is 0 Å². The first kappa shape index (κ1) is 15.5. The molecule has 102 valence electrons. The minimum Gasteiger partial charge on any atom is -0.396 e. The van der Waals surface area contributed by atoms with Crippen LogP contribution < -0.4 is 5.32 Å². The molecule has 2 atom stereocenters. The van der Waals surface area contributed by atoms with E-state index in [1.165, 1.54) is 5.56 Å². The summed E-state index contributed by atoms with van der Waals surface area (Å²) < 4.78 is 0. The van der Waals surface area contributed by atoms with Crippen molar-refractivity contribution in [3.63, 3.8) is 0 Å². The highest BCUT2D eigenvalue weighted by Gasteiger charge is 2.22. The molecule has 2 nitrogen and oxygen atoms in total. The summed E-state index contributed by atoms with van der Waals surface area (Å²) >= 11 is 6.02. The number of aliphatic hydroxyl groups excluding tert-OH is 1. The van der Waals surface area contributed by atoms with Gasteiger partial charge in [-0.3, -0.25) is 0 Å². The van der Waals surface area contributed by atoms with Gasteiger partial charge < -0.3 is 10.4 Å². The van der Waals surface area contributed by atoms with Crippen molar-refractivity contribution in [2.75, 3.05) is 13.2 Å². The molecule has 0 spiro atoms. The van der Waals surface area contributed by atoms with Crippen LogP contribution in [-0.4, -0.2) is 18.3 Å². The molecule has 0 saturated heterocycles. The van der Waals surface area contributed by atoms with E-state index < -0.39 is 0 Å². The Morgan fingerprint density at radius 1 is 1.39 bits per heavy atom. The number of halogens is 1. The topological polar surface area (TPSA) is 32.3 Å². The van der Waals surface area contributed by atoms with Crippen molar-refractivity contribution in [2.45, 2.75) is 39.7 Å². The van der Waals surface area contributed by atoms with Crippen LogP contribution in [0.1, 0.15) is 45.2 Å². The molecule has 2 N–H and O–H groups in total. The normalized spacial score (nSPS) is 16.3. The molecule has 2 unspecified atom stereocenters. The SMILES string of the molecule is CCC(NCC(C)(CC)CO)c1cccc(Cl)c1. The number of hydrogen-bond acceptors (Lipinski definition) is 2. The maximum absolute atomic E-state index is 9.42. The molecule has 1 aromatic carbocycles. The molecular weight excluding hydrogens is 246 g/mol. The Labute approximate surface area is 115 Å². The summed E-state index contributed by atoms with van der Waals surface area (Å²) in [5, 5.41) is 13.7. The van der Waals surface area contributed by atoms with Crippen molar-refractivity contribution in [2.24, 2.45) is 5.41 Å². The van der Waals surface area contributed by atoms with Gasteiger partial charge in [0.25, 0.3) is 0 Å². The number of benzene rings is 1. The minimum absolute atomic E-state index is 0.0496. The third kappa shape index (κ3) is 4.27. The Kier molecular flexibility index (Phi) is 6.13. The quantitative estimate of drug-likeness (QED) is 0.789. The molecular formula is C15H24ClNO. The van der Waals surface area contributed by atoms with Gasteiger partial charge >= 0.3 is 0 Å². The third-order valence-corrected chi connectivity index (χ3v) is 3.90. The number of aliphatic hydroxyl groups is 1. The standard InChI is InChI=1S/C15H24ClNO/c1-4-14(12-7-6-8-13(16)9-12)17-10-15(3,5-2)11-18/h6-9,14,17-18H,4-5,10-11H2,1-3H3. The van der Waals surface area contributed by atoms with Crippen molar-refractivity contribution in [3.05, 3.63) is 34.9 Å². The van der Waals surface area contributed by atoms with E-state index in [0.29, 0.717) is 6.04 Å². The van der Waals surface area contributed by atoms with Crippen molar-refractivity contribution < 1.29 is 5.11 Å². The van der Waals surface area contributed by atoms with Crippen LogP contribution in [0.25, 0.3) is 0 Å². The van der Waals surface area contributed by atoms with E-state index >= 15 is 0 Å². The first-order valence-corrected chi connectivity index (χ1v) is 7.02. The van der Waals surface area contributed by atoms with Crippen molar-refractivity contribution >= 4 is 11.6 Å². The molecule has 0 saturated carbocycles. The molecule has 1 rings (SSSR count). The molecule has 0 heterocycles. The Bertz CT molecular complexity index is 363. The summed E-state index contributed by atoms with van der Waals surface area (Å²) in [5.74, 6) is 0. The van der Waals surface area contributed by atoms with Gasteiger partial charge in [-0.15, -0.1) is 0 Å². The smallest absolute Gasteiger partial charge is 0.0496 e. The van der Waals surface area contributed by atoms with Crippen molar-refractivity contribution in [3.8, 4) is 0 Å². The van der Waals surface area contributed by atoms with Gasteiger partial charge in [-0.1, -0.05) is 44.5 Å². The van der Waals surface area contributed by atoms with Crippen LogP contribution in [0.15, 0.2) is 24.3 Å². The zero-order valence-electron chi connectivity index (χ0n) is 11.5. The second-order valence-electron chi connectivity index (χ2n) is 5.22. The number of rotatable bonds is 7. The minimum atomic E-state index is -0.0496. The Morgan fingerprint density at radius 2 is 2.11 bits per heavy atom. The van der Waals surface area contributed by atoms with E-state index in [1.54, 1.807) is 0 Å². The lowest BCUT2D eigenvalue weighted by atomic mass is 9.88. The fourth-order valence-corrected chi connectivity index (χ4v) is 2.08. The summed E-state index contributed by atoms with van der Waals surface area (Å²) in [6, 6.07) is 8.26. The van der Waals surface area contributed by atoms with Crippen molar-refractivity contribution in [1.29, 1.82) is 0 Å². The Morgan fingerprint density at radius 3 is 2.61 bits per heavy atom. The zero-order valence-corrected chi connectivity index (χ0v) is 12.3. The highest BCUT2D eigenvalue weighted by molar-refractivity contribution is 6.30. The van der Waals surface area contributed by atoms with E-state index in [0.717, 1.165) is 24.4 Å². The molecule has 0 aliphatic carbocycles. The lowest BCUT2D eigenvalue weighted by Gasteiger charge is -2.29. The van der Waals surface area contributed by atoms with Gasteiger partial charge in [-0.2, -0.15) is 0 Å². The first-order chi connectivity index (χ1) is 8.54. The van der Waals surface area contributed by atoms with Gasteiger partial charge in [0.1, 0.15) is 0 Å². The highest BCUT2D eigenvalue weighted by Crippen LogP contribution is 2.24. The third-order valence-electron chi connectivity index (χ3n) is 3.67. The Balaban J connectivity index is 2.68.